The van der Waals surface area contributed by atoms with E-state index < -0.39 is 10.0 Å². The van der Waals surface area contributed by atoms with E-state index in [4.69, 9.17) is 25.1 Å². The van der Waals surface area contributed by atoms with Gasteiger partial charge in [-0.15, -0.1) is 0 Å². The summed E-state index contributed by atoms with van der Waals surface area (Å²) in [5, 5.41) is 5.05. The fourth-order valence-corrected chi connectivity index (χ4v) is 2.19. The summed E-state index contributed by atoms with van der Waals surface area (Å²) < 4.78 is 38.1. The number of hydrogen-bond acceptors (Lipinski definition) is 6. The van der Waals surface area contributed by atoms with Crippen LogP contribution in [-0.2, 0) is 19.5 Å². The predicted octanol–water partition coefficient (Wildman–Crippen LogP) is 0.348. The molecule has 114 valence electrons. The van der Waals surface area contributed by atoms with Crippen molar-refractivity contribution in [3.63, 3.8) is 0 Å². The lowest BCUT2D eigenvalue weighted by molar-refractivity contribution is 0.0808. The molecule has 0 amide bonds. The van der Waals surface area contributed by atoms with Crippen LogP contribution in [0.15, 0.2) is 23.1 Å². The highest BCUT2D eigenvalue weighted by Gasteiger charge is 2.15. The predicted molar refractivity (Wildman–Crippen MR) is 75.0 cm³/mol. The molecule has 0 aliphatic carbocycles. The molecule has 20 heavy (non-hydrogen) atoms. The average Bonchev–Trinajstić information content (AvgIpc) is 2.38. The molecule has 1 aromatic carbocycles. The van der Waals surface area contributed by atoms with E-state index in [-0.39, 0.29) is 22.9 Å². The van der Waals surface area contributed by atoms with Crippen LogP contribution in [0.1, 0.15) is 6.42 Å². The van der Waals surface area contributed by atoms with E-state index in [9.17, 15) is 8.42 Å². The minimum Gasteiger partial charge on any atom is -0.489 e. The maximum absolute atomic E-state index is 11.3. The lowest BCUT2D eigenvalue weighted by atomic mass is 10.3. The maximum Gasteiger partial charge on any atom is 0.240 e. The third-order valence-electron chi connectivity index (χ3n) is 2.46. The molecule has 4 N–H and O–H groups in total. The molecule has 0 spiro atoms. The number of nitrogens with two attached hydrogens (primary N) is 2. The van der Waals surface area contributed by atoms with Crippen molar-refractivity contribution < 1.29 is 22.6 Å². The highest BCUT2D eigenvalue weighted by molar-refractivity contribution is 7.89. The van der Waals surface area contributed by atoms with Gasteiger partial charge in [0.2, 0.25) is 10.0 Å². The molecule has 0 aromatic heterocycles. The van der Waals surface area contributed by atoms with E-state index in [1.165, 1.54) is 12.1 Å². The fraction of sp³-hybridized carbons (Fsp3) is 0.500. The Balaban J connectivity index is 2.45. The number of primary sulfonamides is 1. The number of para-hydroxylation sites is 1. The number of anilines is 1. The average molecular weight is 304 g/mol. The molecule has 0 bridgehead atoms. The van der Waals surface area contributed by atoms with Gasteiger partial charge >= 0.3 is 0 Å². The highest BCUT2D eigenvalue weighted by Crippen LogP contribution is 2.27. The summed E-state index contributed by atoms with van der Waals surface area (Å²) in [6.07, 6.45) is 0.805. The number of rotatable bonds is 9. The summed E-state index contributed by atoms with van der Waals surface area (Å²) in [5.74, 6) is 0.275. The molecule has 8 heteroatoms. The summed E-state index contributed by atoms with van der Waals surface area (Å²) in [7, 11) is -2.22. The normalized spacial score (nSPS) is 11.5. The lowest BCUT2D eigenvalue weighted by Crippen LogP contribution is -2.15. The summed E-state index contributed by atoms with van der Waals surface area (Å²) in [6, 6.07) is 4.43. The second-order valence-electron chi connectivity index (χ2n) is 4.02. The third kappa shape index (κ3) is 5.33. The van der Waals surface area contributed by atoms with E-state index in [1.54, 1.807) is 13.2 Å². The zero-order valence-electron chi connectivity index (χ0n) is 11.4. The molecule has 1 rings (SSSR count). The molecule has 0 fully saturated rings. The van der Waals surface area contributed by atoms with Gasteiger partial charge < -0.3 is 19.9 Å². The van der Waals surface area contributed by atoms with Crippen LogP contribution in [0.5, 0.6) is 5.75 Å². The smallest absolute Gasteiger partial charge is 0.240 e. The topological polar surface area (TPSA) is 114 Å². The molecule has 0 atom stereocenters. The van der Waals surface area contributed by atoms with E-state index >= 15 is 0 Å². The summed E-state index contributed by atoms with van der Waals surface area (Å²) >= 11 is 0. The quantitative estimate of drug-likeness (QED) is 0.502. The van der Waals surface area contributed by atoms with Crippen molar-refractivity contribution in [2.75, 3.05) is 39.3 Å². The van der Waals surface area contributed by atoms with Gasteiger partial charge in [-0.05, 0) is 18.6 Å². The number of nitrogen functional groups attached to an aromatic ring is 1. The van der Waals surface area contributed by atoms with Gasteiger partial charge in [0.15, 0.2) is 0 Å². The van der Waals surface area contributed by atoms with Crippen LogP contribution in [-0.4, -0.2) is 42.0 Å². The molecule has 0 saturated heterocycles. The second kappa shape index (κ2) is 8.05. The molecule has 7 nitrogen and oxygen atoms in total. The van der Waals surface area contributed by atoms with Crippen LogP contribution in [0.25, 0.3) is 0 Å². The Morgan fingerprint density at radius 1 is 1.15 bits per heavy atom. The van der Waals surface area contributed by atoms with Crippen molar-refractivity contribution in [3.8, 4) is 5.75 Å². The number of ether oxygens (including phenoxy) is 3. The summed E-state index contributed by atoms with van der Waals surface area (Å²) in [6.45, 7) is 1.86. The first kappa shape index (κ1) is 16.7. The lowest BCUT2D eigenvalue weighted by Gasteiger charge is -2.11. The molecule has 0 unspecified atom stereocenters. The van der Waals surface area contributed by atoms with E-state index in [2.05, 4.69) is 0 Å². The SMILES string of the molecule is COCCCOCCOc1cccc(S(N)(=O)=O)c1N. The van der Waals surface area contributed by atoms with Crippen LogP contribution in [0.2, 0.25) is 0 Å². The van der Waals surface area contributed by atoms with Crippen molar-refractivity contribution in [1.29, 1.82) is 0 Å². The largest absolute Gasteiger partial charge is 0.489 e. The first-order valence-corrected chi connectivity index (χ1v) is 7.62. The molecule has 0 aliphatic rings. The van der Waals surface area contributed by atoms with Crippen LogP contribution >= 0.6 is 0 Å². The van der Waals surface area contributed by atoms with Gasteiger partial charge in [0.25, 0.3) is 0 Å². The van der Waals surface area contributed by atoms with Crippen LogP contribution in [0, 0.1) is 0 Å². The minimum atomic E-state index is -3.85. The summed E-state index contributed by atoms with van der Waals surface area (Å²) in [5.41, 5.74) is 5.72. The van der Waals surface area contributed by atoms with Crippen LogP contribution in [0.4, 0.5) is 5.69 Å². The first-order valence-electron chi connectivity index (χ1n) is 6.07. The molecular weight excluding hydrogens is 284 g/mol. The Morgan fingerprint density at radius 3 is 2.55 bits per heavy atom. The minimum absolute atomic E-state index is 0.00869. The Hall–Kier alpha value is -1.35. The number of benzene rings is 1. The van der Waals surface area contributed by atoms with Gasteiger partial charge in [-0.1, -0.05) is 6.07 Å². The highest BCUT2D eigenvalue weighted by atomic mass is 32.2. The van der Waals surface area contributed by atoms with Gasteiger partial charge in [0.05, 0.1) is 12.3 Å². The number of hydrogen-bond donors (Lipinski definition) is 2. The summed E-state index contributed by atoms with van der Waals surface area (Å²) in [4.78, 5) is -0.143. The van der Waals surface area contributed by atoms with Crippen LogP contribution < -0.4 is 15.6 Å². The fourth-order valence-electron chi connectivity index (χ4n) is 1.52. The van der Waals surface area contributed by atoms with Gasteiger partial charge in [-0.3, -0.25) is 0 Å². The maximum atomic E-state index is 11.3. The number of methoxy groups -OCH3 is 1. The zero-order valence-corrected chi connectivity index (χ0v) is 12.2. The molecular formula is C12H20N2O5S. The molecule has 0 aliphatic heterocycles. The van der Waals surface area contributed by atoms with Crippen molar-refractivity contribution in [2.45, 2.75) is 11.3 Å². The van der Waals surface area contributed by atoms with Gasteiger partial charge in [-0.25, -0.2) is 13.6 Å². The van der Waals surface area contributed by atoms with Gasteiger partial charge in [0.1, 0.15) is 17.3 Å². The Bertz CT molecular complexity index is 519. The van der Waals surface area contributed by atoms with Crippen molar-refractivity contribution >= 4 is 15.7 Å². The van der Waals surface area contributed by atoms with E-state index in [0.29, 0.717) is 19.8 Å². The van der Waals surface area contributed by atoms with Crippen molar-refractivity contribution in [3.05, 3.63) is 18.2 Å². The third-order valence-corrected chi connectivity index (χ3v) is 3.42. The molecule has 0 radical (unpaired) electrons. The molecule has 0 saturated carbocycles. The monoisotopic (exact) mass is 304 g/mol. The van der Waals surface area contributed by atoms with Crippen molar-refractivity contribution in [1.82, 2.24) is 0 Å². The van der Waals surface area contributed by atoms with E-state index in [0.717, 1.165) is 6.42 Å². The molecule has 1 aromatic rings. The van der Waals surface area contributed by atoms with E-state index in [1.807, 2.05) is 0 Å². The zero-order chi connectivity index (χ0) is 15.0. The Morgan fingerprint density at radius 2 is 1.90 bits per heavy atom. The van der Waals surface area contributed by atoms with Crippen LogP contribution in [0.3, 0.4) is 0 Å². The van der Waals surface area contributed by atoms with Crippen molar-refractivity contribution in [2.24, 2.45) is 5.14 Å². The number of sulfonamides is 1. The molecule has 0 heterocycles. The Labute approximate surface area is 118 Å². The Kier molecular flexibility index (Phi) is 6.73. The van der Waals surface area contributed by atoms with Gasteiger partial charge in [0, 0.05) is 20.3 Å². The van der Waals surface area contributed by atoms with Gasteiger partial charge in [-0.2, -0.15) is 0 Å². The standard InChI is InChI=1S/C12H20N2O5S/c1-17-6-3-7-18-8-9-19-10-4-2-5-11(12(10)13)20(14,15)16/h2,4-5H,3,6-9,13H2,1H3,(H2,14,15,16). The second-order valence-corrected chi connectivity index (χ2v) is 5.55. The first-order chi connectivity index (χ1) is 9.46.